The van der Waals surface area contributed by atoms with Gasteiger partial charge >= 0.3 is 5.97 Å². The van der Waals surface area contributed by atoms with Crippen molar-refractivity contribution in [3.05, 3.63) is 0 Å². The molecule has 6 heteroatoms. The molecule has 12 heavy (non-hydrogen) atoms. The Morgan fingerprint density at radius 3 is 2.50 bits per heavy atom. The fourth-order valence-corrected chi connectivity index (χ4v) is 0.553. The molecule has 0 heterocycles. The topological polar surface area (TPSA) is 95.9 Å². The molecule has 0 saturated carbocycles. The lowest BCUT2D eigenvalue weighted by Gasteiger charge is -2.10. The SMILES string of the molecule is COCC(=O)N[C@@H](CO)C(=O)O. The van der Waals surface area contributed by atoms with E-state index >= 15 is 0 Å². The maximum atomic E-state index is 10.7. The molecule has 1 amide bonds. The van der Waals surface area contributed by atoms with Gasteiger partial charge in [0.15, 0.2) is 0 Å². The lowest BCUT2D eigenvalue weighted by atomic mass is 10.3. The number of aliphatic hydroxyl groups excluding tert-OH is 1. The maximum Gasteiger partial charge on any atom is 0.328 e. The second kappa shape index (κ2) is 5.50. The number of hydrogen-bond donors (Lipinski definition) is 3. The van der Waals surface area contributed by atoms with E-state index in [0.717, 1.165) is 0 Å². The first kappa shape index (κ1) is 10.9. The molecule has 0 aliphatic heterocycles. The van der Waals surface area contributed by atoms with E-state index in [9.17, 15) is 9.59 Å². The van der Waals surface area contributed by atoms with Crippen LogP contribution in [0.25, 0.3) is 0 Å². The molecule has 0 saturated heterocycles. The van der Waals surface area contributed by atoms with Crippen molar-refractivity contribution in [2.75, 3.05) is 20.3 Å². The molecule has 3 N–H and O–H groups in total. The monoisotopic (exact) mass is 177 g/mol. The van der Waals surface area contributed by atoms with E-state index in [4.69, 9.17) is 10.2 Å². The van der Waals surface area contributed by atoms with E-state index in [-0.39, 0.29) is 6.61 Å². The minimum atomic E-state index is -1.28. The third kappa shape index (κ3) is 3.89. The number of rotatable bonds is 5. The average molecular weight is 177 g/mol. The number of ether oxygens (including phenoxy) is 1. The van der Waals surface area contributed by atoms with E-state index in [1.165, 1.54) is 7.11 Å². The molecule has 0 aromatic heterocycles. The molecule has 0 unspecified atom stereocenters. The van der Waals surface area contributed by atoms with Crippen LogP contribution in [0.2, 0.25) is 0 Å². The summed E-state index contributed by atoms with van der Waals surface area (Å²) >= 11 is 0. The Labute approximate surface area is 69.1 Å². The van der Waals surface area contributed by atoms with E-state index < -0.39 is 24.5 Å². The van der Waals surface area contributed by atoms with E-state index in [0.29, 0.717) is 0 Å². The van der Waals surface area contributed by atoms with Gasteiger partial charge in [-0.25, -0.2) is 4.79 Å². The van der Waals surface area contributed by atoms with Gasteiger partial charge in [-0.2, -0.15) is 0 Å². The first-order valence-corrected chi connectivity index (χ1v) is 3.23. The Bertz CT molecular complexity index is 169. The van der Waals surface area contributed by atoms with Gasteiger partial charge in [0, 0.05) is 7.11 Å². The Morgan fingerprint density at radius 2 is 2.17 bits per heavy atom. The number of hydrogen-bond acceptors (Lipinski definition) is 4. The third-order valence-corrected chi connectivity index (χ3v) is 1.09. The largest absolute Gasteiger partial charge is 0.480 e. The number of nitrogens with one attached hydrogen (secondary N) is 1. The Hall–Kier alpha value is -1.14. The van der Waals surface area contributed by atoms with Crippen LogP contribution >= 0.6 is 0 Å². The zero-order chi connectivity index (χ0) is 9.56. The van der Waals surface area contributed by atoms with Crippen molar-refractivity contribution in [3.8, 4) is 0 Å². The summed E-state index contributed by atoms with van der Waals surface area (Å²) in [5.41, 5.74) is 0. The van der Waals surface area contributed by atoms with Gasteiger partial charge in [0.2, 0.25) is 5.91 Å². The molecule has 1 atom stereocenters. The van der Waals surface area contributed by atoms with Gasteiger partial charge in [0.05, 0.1) is 6.61 Å². The van der Waals surface area contributed by atoms with Crippen LogP contribution in [0, 0.1) is 0 Å². The summed E-state index contributed by atoms with van der Waals surface area (Å²) in [5.74, 6) is -1.85. The molecule has 0 fully saturated rings. The van der Waals surface area contributed by atoms with Crippen LogP contribution < -0.4 is 5.32 Å². The van der Waals surface area contributed by atoms with Crippen LogP contribution in [0.3, 0.4) is 0 Å². The third-order valence-electron chi connectivity index (χ3n) is 1.09. The van der Waals surface area contributed by atoms with Crippen LogP contribution in [0.15, 0.2) is 0 Å². The average Bonchev–Trinajstić information content (AvgIpc) is 2.00. The van der Waals surface area contributed by atoms with Gasteiger partial charge in [-0.05, 0) is 0 Å². The molecule has 0 spiro atoms. The molecule has 0 rings (SSSR count). The number of amides is 1. The summed E-state index contributed by atoms with van der Waals surface area (Å²) < 4.78 is 4.44. The number of carbonyl (C=O) groups excluding carboxylic acids is 1. The molecule has 6 nitrogen and oxygen atoms in total. The van der Waals surface area contributed by atoms with Crippen LogP contribution in [0.5, 0.6) is 0 Å². The highest BCUT2D eigenvalue weighted by atomic mass is 16.5. The highest BCUT2D eigenvalue weighted by molar-refractivity contribution is 5.84. The van der Waals surface area contributed by atoms with Crippen molar-refractivity contribution in [2.45, 2.75) is 6.04 Å². The highest BCUT2D eigenvalue weighted by Crippen LogP contribution is 1.82. The molecule has 0 bridgehead atoms. The summed E-state index contributed by atoms with van der Waals surface area (Å²) in [4.78, 5) is 21.0. The number of aliphatic hydroxyl groups is 1. The Kier molecular flexibility index (Phi) is 4.98. The van der Waals surface area contributed by atoms with Crippen molar-refractivity contribution in [2.24, 2.45) is 0 Å². The normalized spacial score (nSPS) is 12.2. The summed E-state index contributed by atoms with van der Waals surface area (Å²) in [6.07, 6.45) is 0. The summed E-state index contributed by atoms with van der Waals surface area (Å²) in [5, 5.41) is 18.9. The van der Waals surface area contributed by atoms with Crippen LogP contribution in [0.1, 0.15) is 0 Å². The molecular formula is C6H11NO5. The first-order chi connectivity index (χ1) is 5.61. The molecule has 0 aromatic carbocycles. The van der Waals surface area contributed by atoms with Gasteiger partial charge in [0.1, 0.15) is 12.6 Å². The van der Waals surface area contributed by atoms with Crippen LogP contribution in [-0.4, -0.2) is 48.5 Å². The van der Waals surface area contributed by atoms with Crippen LogP contribution in [-0.2, 0) is 14.3 Å². The van der Waals surface area contributed by atoms with Gasteiger partial charge in [-0.1, -0.05) is 0 Å². The predicted molar refractivity (Wildman–Crippen MR) is 38.5 cm³/mol. The molecule has 0 aromatic rings. The number of methoxy groups -OCH3 is 1. The van der Waals surface area contributed by atoms with Gasteiger partial charge in [-0.15, -0.1) is 0 Å². The van der Waals surface area contributed by atoms with Crippen molar-refractivity contribution in [1.82, 2.24) is 5.32 Å². The fourth-order valence-electron chi connectivity index (χ4n) is 0.553. The fraction of sp³-hybridized carbons (Fsp3) is 0.667. The second-order valence-electron chi connectivity index (χ2n) is 2.07. The van der Waals surface area contributed by atoms with Crippen LogP contribution in [0.4, 0.5) is 0 Å². The van der Waals surface area contributed by atoms with E-state index in [1.807, 2.05) is 0 Å². The summed E-state index contributed by atoms with van der Waals surface area (Å²) in [6, 6.07) is -1.26. The van der Waals surface area contributed by atoms with E-state index in [2.05, 4.69) is 10.1 Å². The Morgan fingerprint density at radius 1 is 1.58 bits per heavy atom. The lowest BCUT2D eigenvalue weighted by molar-refractivity contribution is -0.143. The minimum Gasteiger partial charge on any atom is -0.480 e. The quantitative estimate of drug-likeness (QED) is 0.460. The maximum absolute atomic E-state index is 10.7. The van der Waals surface area contributed by atoms with Crippen molar-refractivity contribution < 1.29 is 24.5 Å². The second-order valence-corrected chi connectivity index (χ2v) is 2.07. The first-order valence-electron chi connectivity index (χ1n) is 3.23. The van der Waals surface area contributed by atoms with Gasteiger partial charge < -0.3 is 20.3 Å². The van der Waals surface area contributed by atoms with E-state index in [1.54, 1.807) is 0 Å². The molecule has 0 aliphatic carbocycles. The van der Waals surface area contributed by atoms with Crippen molar-refractivity contribution >= 4 is 11.9 Å². The standard InChI is InChI=1S/C6H11NO5/c1-12-3-5(9)7-4(2-8)6(10)11/h4,8H,2-3H2,1H3,(H,7,9)(H,10,11)/t4-/m0/s1. The zero-order valence-electron chi connectivity index (χ0n) is 6.61. The smallest absolute Gasteiger partial charge is 0.328 e. The number of carbonyl (C=O) groups is 2. The number of carboxylic acid groups (broad SMARTS) is 1. The van der Waals surface area contributed by atoms with Crippen molar-refractivity contribution in [3.63, 3.8) is 0 Å². The molecule has 70 valence electrons. The predicted octanol–water partition coefficient (Wildman–Crippen LogP) is -1.81. The Balaban J connectivity index is 3.85. The molecular weight excluding hydrogens is 166 g/mol. The number of carboxylic acids is 1. The van der Waals surface area contributed by atoms with Gasteiger partial charge in [0.25, 0.3) is 0 Å². The number of aliphatic carboxylic acids is 1. The molecule has 0 aliphatic rings. The van der Waals surface area contributed by atoms with Gasteiger partial charge in [-0.3, -0.25) is 4.79 Å². The lowest BCUT2D eigenvalue weighted by Crippen LogP contribution is -2.44. The van der Waals surface area contributed by atoms with Crippen molar-refractivity contribution in [1.29, 1.82) is 0 Å². The zero-order valence-corrected chi connectivity index (χ0v) is 6.61. The minimum absolute atomic E-state index is 0.218. The summed E-state index contributed by atoms with van der Waals surface area (Å²) in [7, 11) is 1.31. The molecule has 0 radical (unpaired) electrons. The summed E-state index contributed by atoms with van der Waals surface area (Å²) in [6.45, 7) is -0.853. The highest BCUT2D eigenvalue weighted by Gasteiger charge is 2.17.